The summed E-state index contributed by atoms with van der Waals surface area (Å²) in [7, 11) is 0. The molecule has 0 radical (unpaired) electrons. The molecule has 1 aliphatic heterocycles. The van der Waals surface area contributed by atoms with Gasteiger partial charge in [-0.3, -0.25) is 0 Å². The maximum Gasteiger partial charge on any atom is 0.247 e. The van der Waals surface area contributed by atoms with Gasteiger partial charge in [-0.1, -0.05) is 43.7 Å². The molecule has 0 bridgehead atoms. The van der Waals surface area contributed by atoms with Crippen LogP contribution in [0.5, 0.6) is 0 Å². The van der Waals surface area contributed by atoms with Crippen LogP contribution >= 0.6 is 0 Å². The summed E-state index contributed by atoms with van der Waals surface area (Å²) in [6, 6.07) is 12.7. The summed E-state index contributed by atoms with van der Waals surface area (Å²) in [5.74, 6) is 0.774. The lowest BCUT2D eigenvalue weighted by Crippen LogP contribution is -2.21. The van der Waals surface area contributed by atoms with Crippen molar-refractivity contribution in [3.8, 4) is 0 Å². The first-order chi connectivity index (χ1) is 11.8. The van der Waals surface area contributed by atoms with Crippen LogP contribution in [0.25, 0.3) is 11.2 Å². The first kappa shape index (κ1) is 15.1. The van der Waals surface area contributed by atoms with Crippen molar-refractivity contribution in [2.75, 3.05) is 18.0 Å². The lowest BCUT2D eigenvalue weighted by Gasteiger charge is -2.15. The summed E-state index contributed by atoms with van der Waals surface area (Å²) in [5.41, 5.74) is 4.43. The highest BCUT2D eigenvalue weighted by Gasteiger charge is 2.18. The van der Waals surface area contributed by atoms with Crippen molar-refractivity contribution in [1.82, 2.24) is 19.7 Å². The highest BCUT2D eigenvalue weighted by atomic mass is 15.3. The molecule has 24 heavy (non-hydrogen) atoms. The smallest absolute Gasteiger partial charge is 0.247 e. The van der Waals surface area contributed by atoms with E-state index in [-0.39, 0.29) is 0 Å². The third kappa shape index (κ3) is 2.86. The molecular weight excluding hydrogens is 298 g/mol. The number of benzene rings is 1. The molecule has 1 aliphatic rings. The van der Waals surface area contributed by atoms with Gasteiger partial charge < -0.3 is 9.47 Å². The number of nitrogens with zero attached hydrogens (tertiary/aromatic N) is 5. The Hall–Kier alpha value is -2.43. The number of anilines is 1. The maximum absolute atomic E-state index is 4.87. The van der Waals surface area contributed by atoms with Crippen molar-refractivity contribution in [2.45, 2.75) is 39.2 Å². The molecule has 1 saturated heterocycles. The lowest BCUT2D eigenvalue weighted by molar-refractivity contribution is 0.736. The lowest BCUT2D eigenvalue weighted by atomic mass is 10.2. The van der Waals surface area contributed by atoms with Gasteiger partial charge in [0.05, 0.1) is 0 Å². The molecule has 0 N–H and O–H groups in total. The van der Waals surface area contributed by atoms with E-state index in [1.54, 1.807) is 0 Å². The average molecular weight is 321 g/mol. The second kappa shape index (κ2) is 6.59. The van der Waals surface area contributed by atoms with E-state index in [0.29, 0.717) is 0 Å². The van der Waals surface area contributed by atoms with Crippen LogP contribution in [0, 0.1) is 0 Å². The normalized spacial score (nSPS) is 14.6. The van der Waals surface area contributed by atoms with Gasteiger partial charge in [0.25, 0.3) is 0 Å². The Labute approximate surface area is 142 Å². The van der Waals surface area contributed by atoms with Gasteiger partial charge in [0.15, 0.2) is 5.65 Å². The van der Waals surface area contributed by atoms with Crippen molar-refractivity contribution >= 4 is 17.1 Å². The molecule has 3 aromatic rings. The topological polar surface area (TPSA) is 46.8 Å². The van der Waals surface area contributed by atoms with Crippen molar-refractivity contribution in [3.63, 3.8) is 0 Å². The number of aryl methyl sites for hydroxylation is 1. The highest BCUT2D eigenvalue weighted by molar-refractivity contribution is 5.73. The van der Waals surface area contributed by atoms with Crippen molar-refractivity contribution in [2.24, 2.45) is 0 Å². The van der Waals surface area contributed by atoms with Gasteiger partial charge in [0, 0.05) is 25.3 Å². The Morgan fingerprint density at radius 1 is 1.04 bits per heavy atom. The van der Waals surface area contributed by atoms with Gasteiger partial charge in [-0.2, -0.15) is 4.98 Å². The molecule has 0 atom stereocenters. The van der Waals surface area contributed by atoms with E-state index in [4.69, 9.17) is 4.98 Å². The fraction of sp³-hybridized carbons (Fsp3) is 0.421. The van der Waals surface area contributed by atoms with Gasteiger partial charge >= 0.3 is 0 Å². The molecule has 1 aromatic carbocycles. The van der Waals surface area contributed by atoms with Gasteiger partial charge in [-0.15, -0.1) is 10.2 Å². The molecule has 3 heterocycles. The number of hydrogen-bond acceptors (Lipinski definition) is 4. The summed E-state index contributed by atoms with van der Waals surface area (Å²) in [4.78, 5) is 7.11. The largest absolute Gasteiger partial charge is 0.339 e. The summed E-state index contributed by atoms with van der Waals surface area (Å²) < 4.78 is 2.31. The Bertz CT molecular complexity index is 818. The first-order valence-corrected chi connectivity index (χ1v) is 8.87. The van der Waals surface area contributed by atoms with Gasteiger partial charge in [0.2, 0.25) is 5.95 Å². The minimum absolute atomic E-state index is 0.774. The maximum atomic E-state index is 4.87. The summed E-state index contributed by atoms with van der Waals surface area (Å²) >= 11 is 0. The second-order valence-electron chi connectivity index (χ2n) is 6.47. The minimum Gasteiger partial charge on any atom is -0.339 e. The SMILES string of the molecule is CCCc1cc2nnc(N3CCCC3)nc2n1Cc1ccccc1. The van der Waals surface area contributed by atoms with Crippen molar-refractivity contribution in [3.05, 3.63) is 47.7 Å². The van der Waals surface area contributed by atoms with Crippen molar-refractivity contribution < 1.29 is 0 Å². The second-order valence-corrected chi connectivity index (χ2v) is 6.47. The predicted octanol–water partition coefficient (Wildman–Crippen LogP) is 3.43. The summed E-state index contributed by atoms with van der Waals surface area (Å²) in [5, 5.41) is 8.82. The molecule has 0 saturated carbocycles. The number of rotatable bonds is 5. The van der Waals surface area contributed by atoms with E-state index >= 15 is 0 Å². The molecule has 1 fully saturated rings. The van der Waals surface area contributed by atoms with E-state index in [9.17, 15) is 0 Å². The quantitative estimate of drug-likeness (QED) is 0.722. The summed E-state index contributed by atoms with van der Waals surface area (Å²) in [6.07, 6.45) is 4.57. The van der Waals surface area contributed by atoms with E-state index < -0.39 is 0 Å². The molecular formula is C19H23N5. The molecule has 5 nitrogen and oxygen atoms in total. The zero-order valence-corrected chi connectivity index (χ0v) is 14.1. The van der Waals surface area contributed by atoms with Crippen molar-refractivity contribution in [1.29, 1.82) is 0 Å². The molecule has 5 heteroatoms. The molecule has 0 amide bonds. The van der Waals surface area contributed by atoms with E-state index in [0.717, 1.165) is 49.6 Å². The van der Waals surface area contributed by atoms with Gasteiger partial charge in [0.1, 0.15) is 5.52 Å². The van der Waals surface area contributed by atoms with Crippen LogP contribution in [-0.4, -0.2) is 32.8 Å². The number of hydrogen-bond donors (Lipinski definition) is 0. The van der Waals surface area contributed by atoms with Crippen LogP contribution < -0.4 is 4.90 Å². The zero-order chi connectivity index (χ0) is 16.4. The molecule has 0 aliphatic carbocycles. The Kier molecular flexibility index (Phi) is 4.15. The Morgan fingerprint density at radius 3 is 2.58 bits per heavy atom. The predicted molar refractivity (Wildman–Crippen MR) is 96.3 cm³/mol. The number of aromatic nitrogens is 4. The first-order valence-electron chi connectivity index (χ1n) is 8.87. The van der Waals surface area contributed by atoms with Crippen LogP contribution in [0.1, 0.15) is 37.4 Å². The third-order valence-corrected chi connectivity index (χ3v) is 4.67. The highest BCUT2D eigenvalue weighted by Crippen LogP contribution is 2.22. The molecule has 2 aromatic heterocycles. The van der Waals surface area contributed by atoms with Crippen LogP contribution in [0.3, 0.4) is 0 Å². The van der Waals surface area contributed by atoms with Gasteiger partial charge in [-0.25, -0.2) is 0 Å². The average Bonchev–Trinajstić information content (AvgIpc) is 3.25. The molecule has 4 rings (SSSR count). The fourth-order valence-corrected chi connectivity index (χ4v) is 3.44. The Morgan fingerprint density at radius 2 is 1.83 bits per heavy atom. The Balaban J connectivity index is 1.77. The number of fused-ring (bicyclic) bond motifs is 1. The minimum atomic E-state index is 0.774. The molecule has 0 spiro atoms. The van der Waals surface area contributed by atoms with Gasteiger partial charge in [-0.05, 0) is 30.9 Å². The fourth-order valence-electron chi connectivity index (χ4n) is 3.44. The third-order valence-electron chi connectivity index (χ3n) is 4.67. The van der Waals surface area contributed by atoms with Crippen LogP contribution in [0.2, 0.25) is 0 Å². The molecule has 124 valence electrons. The standard InChI is InChI=1S/C19H23N5/c1-2-8-16-13-17-18(24(16)14-15-9-4-3-5-10-15)20-19(22-21-17)23-11-6-7-12-23/h3-5,9-10,13H,2,6-8,11-12,14H2,1H3. The zero-order valence-electron chi connectivity index (χ0n) is 14.1. The monoisotopic (exact) mass is 321 g/mol. The van der Waals surface area contributed by atoms with Crippen LogP contribution in [0.15, 0.2) is 36.4 Å². The van der Waals surface area contributed by atoms with E-state index in [1.165, 1.54) is 24.1 Å². The summed E-state index contributed by atoms with van der Waals surface area (Å²) in [6.45, 7) is 5.11. The van der Waals surface area contributed by atoms with Crippen LogP contribution in [-0.2, 0) is 13.0 Å². The van der Waals surface area contributed by atoms with Crippen LogP contribution in [0.4, 0.5) is 5.95 Å². The molecule has 0 unspecified atom stereocenters. The van der Waals surface area contributed by atoms with E-state index in [2.05, 4.69) is 63.0 Å². The van der Waals surface area contributed by atoms with E-state index in [1.807, 2.05) is 0 Å².